The molecule has 12 heteroatoms. The second kappa shape index (κ2) is 10.8. The first-order chi connectivity index (χ1) is 19.8. The molecule has 1 N–H and O–H groups in total. The number of halogens is 6. The summed E-state index contributed by atoms with van der Waals surface area (Å²) in [6.07, 6.45) is -7.76. The summed E-state index contributed by atoms with van der Waals surface area (Å²) in [5.74, 6) is -2.73. The number of fused-ring (bicyclic) bond motifs is 2. The Hall–Kier alpha value is -4.35. The summed E-state index contributed by atoms with van der Waals surface area (Å²) in [5, 5.41) is 2.95. The fourth-order valence-corrected chi connectivity index (χ4v) is 4.88. The minimum Gasteiger partial charge on any atom is -0.494 e. The number of methoxy groups -OCH3 is 1. The average Bonchev–Trinajstić information content (AvgIpc) is 3.31. The lowest BCUT2D eigenvalue weighted by molar-refractivity contribution is -0.149. The van der Waals surface area contributed by atoms with Gasteiger partial charge in [0.15, 0.2) is 0 Å². The van der Waals surface area contributed by atoms with Gasteiger partial charge in [-0.1, -0.05) is 19.1 Å². The van der Waals surface area contributed by atoms with Crippen molar-refractivity contribution in [2.75, 3.05) is 20.3 Å². The van der Waals surface area contributed by atoms with Crippen LogP contribution >= 0.6 is 0 Å². The molecule has 2 aromatic carbocycles. The van der Waals surface area contributed by atoms with Gasteiger partial charge in [-0.25, -0.2) is 4.98 Å². The Labute approximate surface area is 236 Å². The first kappa shape index (κ1) is 29.2. The predicted octanol–water partition coefficient (Wildman–Crippen LogP) is 7.20. The molecule has 1 amide bonds. The molecular weight excluding hydrogens is 564 g/mol. The number of nitrogens with zero attached hydrogens (tertiary/aromatic N) is 2. The van der Waals surface area contributed by atoms with Crippen LogP contribution in [0.25, 0.3) is 22.2 Å². The first-order valence-electron chi connectivity index (χ1n) is 12.9. The van der Waals surface area contributed by atoms with E-state index in [0.29, 0.717) is 22.2 Å². The first-order valence-corrected chi connectivity index (χ1v) is 12.9. The van der Waals surface area contributed by atoms with Crippen LogP contribution in [-0.4, -0.2) is 42.3 Å². The van der Waals surface area contributed by atoms with Crippen LogP contribution in [0.5, 0.6) is 11.5 Å². The lowest BCUT2D eigenvalue weighted by Gasteiger charge is -2.22. The van der Waals surface area contributed by atoms with Crippen molar-refractivity contribution in [3.63, 3.8) is 0 Å². The molecule has 0 bridgehead atoms. The fourth-order valence-electron chi connectivity index (χ4n) is 4.88. The van der Waals surface area contributed by atoms with Crippen LogP contribution in [-0.2, 0) is 6.18 Å². The number of pyridine rings is 2. The third-order valence-electron chi connectivity index (χ3n) is 7.10. The molecule has 0 saturated heterocycles. The summed E-state index contributed by atoms with van der Waals surface area (Å²) in [4.78, 5) is 21.6. The Bertz CT molecular complexity index is 1650. The number of aryl methyl sites for hydroxylation is 1. The van der Waals surface area contributed by atoms with Gasteiger partial charge in [0, 0.05) is 40.7 Å². The van der Waals surface area contributed by atoms with Gasteiger partial charge in [0.1, 0.15) is 28.6 Å². The van der Waals surface area contributed by atoms with Gasteiger partial charge in [-0.3, -0.25) is 9.78 Å². The zero-order valence-corrected chi connectivity index (χ0v) is 22.7. The normalized spacial score (nSPS) is 15.7. The molecule has 2 aromatic heterocycles. The quantitative estimate of drug-likeness (QED) is 0.241. The van der Waals surface area contributed by atoms with Gasteiger partial charge in [-0.15, -0.1) is 0 Å². The molecular formula is C30H25F6N3O3. The summed E-state index contributed by atoms with van der Waals surface area (Å²) in [5.41, 5.74) is 0.756. The Morgan fingerprint density at radius 1 is 1.10 bits per heavy atom. The monoisotopic (exact) mass is 589 g/mol. The van der Waals surface area contributed by atoms with E-state index in [-0.39, 0.29) is 40.8 Å². The zero-order valence-electron chi connectivity index (χ0n) is 22.7. The van der Waals surface area contributed by atoms with E-state index in [2.05, 4.69) is 15.3 Å². The summed E-state index contributed by atoms with van der Waals surface area (Å²) >= 11 is 0. The van der Waals surface area contributed by atoms with Crippen molar-refractivity contribution in [3.8, 4) is 22.8 Å². The van der Waals surface area contributed by atoms with E-state index in [9.17, 15) is 31.1 Å². The van der Waals surface area contributed by atoms with Gasteiger partial charge < -0.3 is 14.8 Å². The van der Waals surface area contributed by atoms with Crippen molar-refractivity contribution in [2.45, 2.75) is 38.0 Å². The molecule has 0 radical (unpaired) electrons. The Morgan fingerprint density at radius 3 is 2.45 bits per heavy atom. The number of benzene rings is 2. The van der Waals surface area contributed by atoms with Gasteiger partial charge in [-0.2, -0.15) is 26.3 Å². The van der Waals surface area contributed by atoms with Gasteiger partial charge in [0.05, 0.1) is 25.0 Å². The van der Waals surface area contributed by atoms with Crippen molar-refractivity contribution in [3.05, 3.63) is 82.7 Å². The largest absolute Gasteiger partial charge is 0.494 e. The second-order valence-electron chi connectivity index (χ2n) is 10.2. The Kier molecular flexibility index (Phi) is 7.50. The maximum Gasteiger partial charge on any atom is 0.416 e. The lowest BCUT2D eigenvalue weighted by atomic mass is 9.95. The van der Waals surface area contributed by atoms with Crippen molar-refractivity contribution >= 4 is 16.8 Å². The minimum atomic E-state index is -4.81. The van der Waals surface area contributed by atoms with Crippen LogP contribution < -0.4 is 14.8 Å². The number of carbonyl (C=O) groups excluding carboxylic acids is 1. The number of rotatable bonds is 6. The molecule has 42 heavy (non-hydrogen) atoms. The highest BCUT2D eigenvalue weighted by molar-refractivity contribution is 6.00. The molecule has 1 aliphatic rings. The predicted molar refractivity (Wildman–Crippen MR) is 143 cm³/mol. The van der Waals surface area contributed by atoms with E-state index in [0.717, 1.165) is 29.8 Å². The smallest absolute Gasteiger partial charge is 0.416 e. The van der Waals surface area contributed by atoms with E-state index < -0.39 is 36.3 Å². The molecule has 2 atom stereocenters. The van der Waals surface area contributed by atoms with Crippen LogP contribution in [0.1, 0.15) is 51.5 Å². The van der Waals surface area contributed by atoms with Gasteiger partial charge in [0.25, 0.3) is 5.91 Å². The third-order valence-corrected chi connectivity index (χ3v) is 7.10. The molecule has 5 rings (SSSR count). The van der Waals surface area contributed by atoms with Gasteiger partial charge in [0.2, 0.25) is 0 Å². The van der Waals surface area contributed by atoms with Crippen LogP contribution in [0.2, 0.25) is 0 Å². The molecule has 0 spiro atoms. The number of hydrogen-bond donors (Lipinski definition) is 1. The van der Waals surface area contributed by atoms with E-state index in [1.165, 1.54) is 25.3 Å². The number of amides is 1. The van der Waals surface area contributed by atoms with Crippen LogP contribution in [0.4, 0.5) is 26.3 Å². The maximum atomic E-state index is 14.4. The van der Waals surface area contributed by atoms with Crippen molar-refractivity contribution in [2.24, 2.45) is 0 Å². The second-order valence-corrected chi connectivity index (χ2v) is 10.2. The topological polar surface area (TPSA) is 73.3 Å². The molecule has 2 unspecified atom stereocenters. The zero-order chi connectivity index (χ0) is 30.4. The maximum absolute atomic E-state index is 14.4. The minimum absolute atomic E-state index is 0.00304. The molecule has 1 aliphatic heterocycles. The lowest BCUT2D eigenvalue weighted by Crippen LogP contribution is -2.35. The van der Waals surface area contributed by atoms with E-state index in [1.54, 1.807) is 19.2 Å². The number of ether oxygens (including phenoxy) is 2. The molecule has 0 saturated carbocycles. The molecule has 4 aromatic rings. The van der Waals surface area contributed by atoms with Gasteiger partial charge in [-0.05, 0) is 48.9 Å². The van der Waals surface area contributed by atoms with Crippen molar-refractivity contribution < 1.29 is 40.6 Å². The number of nitrogens with one attached hydrogen (secondary N) is 1. The van der Waals surface area contributed by atoms with E-state index >= 15 is 0 Å². The fraction of sp³-hybridized carbons (Fsp3) is 0.300. The van der Waals surface area contributed by atoms with Crippen LogP contribution in [0.15, 0.2) is 54.7 Å². The van der Waals surface area contributed by atoms with E-state index in [4.69, 9.17) is 9.47 Å². The van der Waals surface area contributed by atoms with Crippen molar-refractivity contribution in [1.29, 1.82) is 0 Å². The summed E-state index contributed by atoms with van der Waals surface area (Å²) in [6, 6.07) is 9.96. The Morgan fingerprint density at radius 2 is 1.81 bits per heavy atom. The average molecular weight is 590 g/mol. The highest BCUT2D eigenvalue weighted by atomic mass is 19.4. The number of aromatic nitrogens is 2. The molecule has 220 valence electrons. The highest BCUT2D eigenvalue weighted by Gasteiger charge is 2.43. The molecule has 0 aliphatic carbocycles. The van der Waals surface area contributed by atoms with Crippen LogP contribution in [0.3, 0.4) is 0 Å². The van der Waals surface area contributed by atoms with Crippen LogP contribution in [0, 0.1) is 6.92 Å². The van der Waals surface area contributed by atoms with Crippen molar-refractivity contribution in [1.82, 2.24) is 15.3 Å². The summed E-state index contributed by atoms with van der Waals surface area (Å²) < 4.78 is 93.6. The number of alkyl halides is 6. The van der Waals surface area contributed by atoms with Gasteiger partial charge >= 0.3 is 12.4 Å². The Balaban J connectivity index is 1.49. The van der Waals surface area contributed by atoms with E-state index in [1.807, 2.05) is 6.92 Å². The number of carbonyl (C=O) groups is 1. The molecule has 0 fully saturated rings. The number of hydrogen-bond acceptors (Lipinski definition) is 5. The summed E-state index contributed by atoms with van der Waals surface area (Å²) in [7, 11) is 1.40. The standard InChI is InChI=1S/C30H25F6N3O3/c1-15-8-18-9-19(10-24(41-3)25(18)37-12-15)28(40)38-13-22(30(34,35)36)23-11-21-16(2)14-42-27(21)26(39-23)17-4-6-20(7-5-17)29(31,32)33/h4-12,16,22H,13-14H2,1-3H3,(H,38,40). The third kappa shape index (κ3) is 5.70. The highest BCUT2D eigenvalue weighted by Crippen LogP contribution is 2.44. The molecule has 6 nitrogen and oxygen atoms in total. The molecule has 3 heterocycles. The SMILES string of the molecule is COc1cc(C(=O)NCC(c2cc3c(c(-c4ccc(C(F)(F)F)cc4)n2)OCC3C)C(F)(F)F)cc2cc(C)cnc12. The summed E-state index contributed by atoms with van der Waals surface area (Å²) in [6.45, 7) is 2.93.